The van der Waals surface area contributed by atoms with Gasteiger partial charge >= 0.3 is 0 Å². The fraction of sp³-hybridized carbons (Fsp3) is 0.600. The van der Waals surface area contributed by atoms with Crippen LogP contribution in [0.2, 0.25) is 0 Å². The van der Waals surface area contributed by atoms with E-state index in [2.05, 4.69) is 17.5 Å². The SMILES string of the molecule is C=CC(=O)N1CCc2c(C#N)c(N3CCN(C(=O)CCO)C(C4CC4)C3)nc(C3CC3)c2C1. The van der Waals surface area contributed by atoms with Crippen LogP contribution in [0.1, 0.15) is 60.4 Å². The smallest absolute Gasteiger partial charge is 0.246 e. The summed E-state index contributed by atoms with van der Waals surface area (Å²) in [4.78, 5) is 35.9. The van der Waals surface area contributed by atoms with Crippen LogP contribution in [0.15, 0.2) is 12.7 Å². The minimum Gasteiger partial charge on any atom is -0.396 e. The van der Waals surface area contributed by atoms with Crippen molar-refractivity contribution in [3.05, 3.63) is 35.0 Å². The molecule has 0 aromatic carbocycles. The van der Waals surface area contributed by atoms with Crippen molar-refractivity contribution in [2.45, 2.75) is 57.0 Å². The summed E-state index contributed by atoms with van der Waals surface area (Å²) in [6, 6.07) is 2.54. The third-order valence-corrected chi connectivity index (χ3v) is 7.50. The van der Waals surface area contributed by atoms with E-state index in [4.69, 9.17) is 4.98 Å². The van der Waals surface area contributed by atoms with E-state index in [0.29, 0.717) is 56.5 Å². The highest BCUT2D eigenvalue weighted by atomic mass is 16.3. The summed E-state index contributed by atoms with van der Waals surface area (Å²) in [5.74, 6) is 1.57. The summed E-state index contributed by atoms with van der Waals surface area (Å²) in [6.45, 7) is 6.45. The van der Waals surface area contributed by atoms with E-state index in [1.165, 1.54) is 6.08 Å². The Morgan fingerprint density at radius 1 is 1.18 bits per heavy atom. The zero-order chi connectivity index (χ0) is 23.1. The van der Waals surface area contributed by atoms with Gasteiger partial charge in [0.05, 0.1) is 23.9 Å². The Morgan fingerprint density at radius 3 is 2.61 bits per heavy atom. The molecule has 8 nitrogen and oxygen atoms in total. The normalized spacial score (nSPS) is 22.5. The van der Waals surface area contributed by atoms with Crippen molar-refractivity contribution in [1.82, 2.24) is 14.8 Å². The molecule has 2 saturated carbocycles. The minimum absolute atomic E-state index is 0.0126. The van der Waals surface area contributed by atoms with Crippen LogP contribution in [0.3, 0.4) is 0 Å². The van der Waals surface area contributed by atoms with E-state index in [-0.39, 0.29) is 30.9 Å². The second-order valence-corrected chi connectivity index (χ2v) is 9.66. The highest BCUT2D eigenvalue weighted by molar-refractivity contribution is 5.87. The number of aliphatic hydroxyl groups excluding tert-OH is 1. The van der Waals surface area contributed by atoms with Crippen LogP contribution < -0.4 is 4.90 Å². The largest absolute Gasteiger partial charge is 0.396 e. The van der Waals surface area contributed by atoms with Crippen molar-refractivity contribution in [2.24, 2.45) is 5.92 Å². The van der Waals surface area contributed by atoms with Crippen molar-refractivity contribution < 1.29 is 14.7 Å². The van der Waals surface area contributed by atoms with Crippen LogP contribution in [-0.4, -0.2) is 70.5 Å². The molecule has 174 valence electrons. The van der Waals surface area contributed by atoms with Gasteiger partial charge in [-0.2, -0.15) is 5.26 Å². The van der Waals surface area contributed by atoms with Gasteiger partial charge in [-0.25, -0.2) is 4.98 Å². The van der Waals surface area contributed by atoms with Crippen molar-refractivity contribution in [3.63, 3.8) is 0 Å². The lowest BCUT2D eigenvalue weighted by atomic mass is 9.92. The fourth-order valence-electron chi connectivity index (χ4n) is 5.44. The molecule has 4 aliphatic rings. The van der Waals surface area contributed by atoms with Gasteiger partial charge in [0, 0.05) is 45.1 Å². The van der Waals surface area contributed by atoms with Crippen LogP contribution >= 0.6 is 0 Å². The first-order valence-electron chi connectivity index (χ1n) is 12.1. The first kappa shape index (κ1) is 21.9. The third-order valence-electron chi connectivity index (χ3n) is 7.50. The van der Waals surface area contributed by atoms with E-state index in [1.807, 2.05) is 4.90 Å². The molecule has 1 aromatic rings. The Bertz CT molecular complexity index is 1020. The van der Waals surface area contributed by atoms with Gasteiger partial charge in [-0.1, -0.05) is 6.58 Å². The first-order valence-corrected chi connectivity index (χ1v) is 12.1. The fourth-order valence-corrected chi connectivity index (χ4v) is 5.44. The average Bonchev–Trinajstić information content (AvgIpc) is 3.75. The van der Waals surface area contributed by atoms with Crippen molar-refractivity contribution in [2.75, 3.05) is 37.7 Å². The van der Waals surface area contributed by atoms with Gasteiger partial charge in [-0.05, 0) is 55.2 Å². The maximum Gasteiger partial charge on any atom is 0.246 e. The number of hydrogen-bond donors (Lipinski definition) is 1. The van der Waals surface area contributed by atoms with Gasteiger partial charge in [0.1, 0.15) is 11.9 Å². The molecule has 1 unspecified atom stereocenters. The van der Waals surface area contributed by atoms with E-state index in [0.717, 1.165) is 48.3 Å². The summed E-state index contributed by atoms with van der Waals surface area (Å²) in [5, 5.41) is 19.4. The maximum absolute atomic E-state index is 12.6. The molecule has 3 heterocycles. The molecule has 0 bridgehead atoms. The minimum atomic E-state index is -0.127. The summed E-state index contributed by atoms with van der Waals surface area (Å²) in [6.07, 6.45) is 6.58. The van der Waals surface area contributed by atoms with E-state index in [1.54, 1.807) is 4.90 Å². The average molecular weight is 450 g/mol. The summed E-state index contributed by atoms with van der Waals surface area (Å²) in [7, 11) is 0. The summed E-state index contributed by atoms with van der Waals surface area (Å²) < 4.78 is 0. The Morgan fingerprint density at radius 2 is 1.97 bits per heavy atom. The standard InChI is InChI=1S/C25H31N5O3/c1-2-22(32)28-9-7-18-19(13-26)25(27-24(17-5-6-17)20(18)14-28)29-10-11-30(23(33)8-12-31)21(15-29)16-3-4-16/h2,16-17,21,31H,1,3-12,14-15H2. The number of anilines is 1. The Hall–Kier alpha value is -2.92. The zero-order valence-electron chi connectivity index (χ0n) is 19.0. The highest BCUT2D eigenvalue weighted by Crippen LogP contribution is 2.45. The molecule has 1 aromatic heterocycles. The molecule has 3 fully saturated rings. The molecule has 33 heavy (non-hydrogen) atoms. The van der Waals surface area contributed by atoms with Crippen LogP contribution in [0, 0.1) is 17.2 Å². The number of aromatic nitrogens is 1. The number of nitrogens with zero attached hydrogens (tertiary/aromatic N) is 5. The lowest BCUT2D eigenvalue weighted by Gasteiger charge is -2.43. The lowest BCUT2D eigenvalue weighted by Crippen LogP contribution is -2.56. The Kier molecular flexibility index (Phi) is 5.83. The summed E-state index contributed by atoms with van der Waals surface area (Å²) in [5.41, 5.74) is 3.76. The van der Waals surface area contributed by atoms with Gasteiger partial charge in [-0.15, -0.1) is 0 Å². The predicted octanol–water partition coefficient (Wildman–Crippen LogP) is 1.71. The van der Waals surface area contributed by atoms with Crippen LogP contribution in [0.5, 0.6) is 0 Å². The number of hydrogen-bond acceptors (Lipinski definition) is 6. The predicted molar refractivity (Wildman–Crippen MR) is 122 cm³/mol. The van der Waals surface area contributed by atoms with Crippen molar-refractivity contribution >= 4 is 17.6 Å². The third kappa shape index (κ3) is 4.10. The first-order chi connectivity index (χ1) is 16.0. The molecule has 1 N–H and O–H groups in total. The molecule has 1 atom stereocenters. The number of rotatable bonds is 6. The van der Waals surface area contributed by atoms with Crippen molar-refractivity contribution in [1.29, 1.82) is 5.26 Å². The number of carbonyl (C=O) groups excluding carboxylic acids is 2. The quantitative estimate of drug-likeness (QED) is 0.664. The summed E-state index contributed by atoms with van der Waals surface area (Å²) >= 11 is 0. The monoisotopic (exact) mass is 449 g/mol. The number of aliphatic hydroxyl groups is 1. The van der Waals surface area contributed by atoms with Crippen molar-refractivity contribution in [3.8, 4) is 6.07 Å². The second kappa shape index (κ2) is 8.79. The topological polar surface area (TPSA) is 101 Å². The molecule has 1 saturated heterocycles. The number of amides is 2. The lowest BCUT2D eigenvalue weighted by molar-refractivity contribution is -0.135. The second-order valence-electron chi connectivity index (χ2n) is 9.66. The molecule has 0 spiro atoms. The molecule has 2 amide bonds. The van der Waals surface area contributed by atoms with E-state index in [9.17, 15) is 20.0 Å². The Balaban J connectivity index is 1.48. The molecular weight excluding hydrogens is 418 g/mol. The van der Waals surface area contributed by atoms with Gasteiger partial charge < -0.3 is 19.8 Å². The van der Waals surface area contributed by atoms with Crippen LogP contribution in [0.25, 0.3) is 0 Å². The highest BCUT2D eigenvalue weighted by Gasteiger charge is 2.42. The zero-order valence-corrected chi connectivity index (χ0v) is 19.0. The Labute approximate surface area is 194 Å². The maximum atomic E-state index is 12.6. The van der Waals surface area contributed by atoms with E-state index < -0.39 is 0 Å². The van der Waals surface area contributed by atoms with Gasteiger partial charge in [0.25, 0.3) is 0 Å². The number of fused-ring (bicyclic) bond motifs is 1. The van der Waals surface area contributed by atoms with Gasteiger partial charge in [-0.3, -0.25) is 9.59 Å². The number of pyridine rings is 1. The van der Waals surface area contributed by atoms with E-state index >= 15 is 0 Å². The molecule has 5 rings (SSSR count). The van der Waals surface area contributed by atoms with Gasteiger partial charge in [0.2, 0.25) is 11.8 Å². The molecule has 2 aliphatic carbocycles. The van der Waals surface area contributed by atoms with Crippen LogP contribution in [0.4, 0.5) is 5.82 Å². The van der Waals surface area contributed by atoms with Gasteiger partial charge in [0.15, 0.2) is 0 Å². The number of piperazine rings is 1. The number of carbonyl (C=O) groups is 2. The molecule has 2 aliphatic heterocycles. The van der Waals surface area contributed by atoms with Crippen LogP contribution in [-0.2, 0) is 22.6 Å². The molecule has 0 radical (unpaired) electrons. The molecular formula is C25H31N5O3. The number of nitriles is 1. The molecule has 8 heteroatoms.